The van der Waals surface area contributed by atoms with E-state index in [0.29, 0.717) is 13.0 Å². The van der Waals surface area contributed by atoms with Gasteiger partial charge in [0, 0.05) is 13.2 Å². The van der Waals surface area contributed by atoms with Crippen LogP contribution in [0.2, 0.25) is 0 Å². The standard InChI is InChI=1S/C6H14O3/c1-6(5-8)9-4-2-3-7/h6-8H,2-5H2,1H3. The first-order chi connectivity index (χ1) is 4.31. The molecule has 0 spiro atoms. The minimum Gasteiger partial charge on any atom is -0.396 e. The molecular formula is C6H14O3. The summed E-state index contributed by atoms with van der Waals surface area (Å²) in [6.07, 6.45) is 0.543. The van der Waals surface area contributed by atoms with Gasteiger partial charge in [0.15, 0.2) is 0 Å². The van der Waals surface area contributed by atoms with Gasteiger partial charge in [-0.3, -0.25) is 0 Å². The number of aliphatic hydroxyl groups excluding tert-OH is 2. The van der Waals surface area contributed by atoms with Crippen molar-refractivity contribution in [1.29, 1.82) is 0 Å². The Kier molecular flexibility index (Phi) is 5.93. The summed E-state index contributed by atoms with van der Waals surface area (Å²) < 4.78 is 5.02. The van der Waals surface area contributed by atoms with E-state index in [9.17, 15) is 0 Å². The normalized spacial score (nSPS) is 13.7. The molecule has 0 aliphatic rings. The molecule has 0 aromatic heterocycles. The molecule has 1 unspecified atom stereocenters. The van der Waals surface area contributed by atoms with Crippen LogP contribution in [0.15, 0.2) is 0 Å². The fourth-order valence-electron chi connectivity index (χ4n) is 0.402. The second-order valence-electron chi connectivity index (χ2n) is 1.94. The zero-order chi connectivity index (χ0) is 7.11. The maximum absolute atomic E-state index is 8.45. The van der Waals surface area contributed by atoms with Crippen LogP contribution in [-0.4, -0.2) is 36.1 Å². The number of ether oxygens (including phenoxy) is 1. The highest BCUT2D eigenvalue weighted by atomic mass is 16.5. The van der Waals surface area contributed by atoms with E-state index < -0.39 is 0 Å². The molecule has 0 aromatic carbocycles. The van der Waals surface area contributed by atoms with E-state index in [1.54, 1.807) is 6.92 Å². The average Bonchev–Trinajstić information content (AvgIpc) is 1.89. The van der Waals surface area contributed by atoms with Crippen LogP contribution in [-0.2, 0) is 4.74 Å². The third-order valence-electron chi connectivity index (χ3n) is 0.962. The molecular weight excluding hydrogens is 120 g/mol. The van der Waals surface area contributed by atoms with Gasteiger partial charge < -0.3 is 14.9 Å². The maximum Gasteiger partial charge on any atom is 0.0777 e. The zero-order valence-electron chi connectivity index (χ0n) is 5.71. The zero-order valence-corrected chi connectivity index (χ0v) is 5.71. The molecule has 0 amide bonds. The molecule has 9 heavy (non-hydrogen) atoms. The second-order valence-corrected chi connectivity index (χ2v) is 1.94. The molecule has 0 rings (SSSR count). The summed E-state index contributed by atoms with van der Waals surface area (Å²) in [6, 6.07) is 0. The summed E-state index contributed by atoms with van der Waals surface area (Å²) in [6.45, 7) is 2.51. The minimum atomic E-state index is -0.100. The van der Waals surface area contributed by atoms with Gasteiger partial charge in [0.05, 0.1) is 12.7 Å². The Bertz CT molecular complexity index is 56.3. The predicted octanol–water partition coefficient (Wildman–Crippen LogP) is -0.234. The minimum absolute atomic E-state index is 0.0471. The van der Waals surface area contributed by atoms with Gasteiger partial charge in [-0.25, -0.2) is 0 Å². The van der Waals surface area contributed by atoms with Crippen LogP contribution < -0.4 is 0 Å². The maximum atomic E-state index is 8.45. The van der Waals surface area contributed by atoms with Crippen molar-refractivity contribution in [3.8, 4) is 0 Å². The number of hydrogen-bond acceptors (Lipinski definition) is 3. The lowest BCUT2D eigenvalue weighted by molar-refractivity contribution is 0.0187. The third kappa shape index (κ3) is 5.76. The van der Waals surface area contributed by atoms with Gasteiger partial charge in [-0.15, -0.1) is 0 Å². The molecule has 0 heterocycles. The molecule has 1 atom stereocenters. The lowest BCUT2D eigenvalue weighted by atomic mass is 10.4. The Labute approximate surface area is 55.3 Å². The Hall–Kier alpha value is -0.120. The van der Waals surface area contributed by atoms with Crippen molar-refractivity contribution in [3.05, 3.63) is 0 Å². The van der Waals surface area contributed by atoms with E-state index in [2.05, 4.69) is 0 Å². The molecule has 0 aromatic rings. The largest absolute Gasteiger partial charge is 0.396 e. The van der Waals surface area contributed by atoms with E-state index in [4.69, 9.17) is 14.9 Å². The van der Waals surface area contributed by atoms with Gasteiger partial charge in [0.2, 0.25) is 0 Å². The Morgan fingerprint density at radius 3 is 2.56 bits per heavy atom. The van der Waals surface area contributed by atoms with Crippen molar-refractivity contribution in [3.63, 3.8) is 0 Å². The van der Waals surface area contributed by atoms with Crippen molar-refractivity contribution in [2.24, 2.45) is 0 Å². The van der Waals surface area contributed by atoms with Gasteiger partial charge in [0.25, 0.3) is 0 Å². The SMILES string of the molecule is CC(CO)OCCCO. The highest BCUT2D eigenvalue weighted by molar-refractivity contribution is 4.43. The Morgan fingerprint density at radius 2 is 2.11 bits per heavy atom. The monoisotopic (exact) mass is 134 g/mol. The number of rotatable bonds is 5. The quantitative estimate of drug-likeness (QED) is 0.510. The van der Waals surface area contributed by atoms with Gasteiger partial charge in [-0.1, -0.05) is 0 Å². The topological polar surface area (TPSA) is 49.7 Å². The molecule has 0 aliphatic heterocycles. The Balaban J connectivity index is 2.88. The van der Waals surface area contributed by atoms with Gasteiger partial charge >= 0.3 is 0 Å². The van der Waals surface area contributed by atoms with Crippen molar-refractivity contribution in [2.75, 3.05) is 19.8 Å². The average molecular weight is 134 g/mol. The van der Waals surface area contributed by atoms with Crippen LogP contribution in [0.4, 0.5) is 0 Å². The van der Waals surface area contributed by atoms with E-state index in [0.717, 1.165) is 0 Å². The molecule has 0 aliphatic carbocycles. The van der Waals surface area contributed by atoms with Gasteiger partial charge in [-0.2, -0.15) is 0 Å². The first-order valence-corrected chi connectivity index (χ1v) is 3.14. The van der Waals surface area contributed by atoms with Gasteiger partial charge in [0.1, 0.15) is 0 Å². The lowest BCUT2D eigenvalue weighted by Gasteiger charge is -2.07. The van der Waals surface area contributed by atoms with Gasteiger partial charge in [-0.05, 0) is 13.3 Å². The Morgan fingerprint density at radius 1 is 1.44 bits per heavy atom. The molecule has 0 radical (unpaired) electrons. The molecule has 0 saturated carbocycles. The van der Waals surface area contributed by atoms with Crippen LogP contribution in [0, 0.1) is 0 Å². The molecule has 3 nitrogen and oxygen atoms in total. The summed E-state index contributed by atoms with van der Waals surface area (Å²) >= 11 is 0. The van der Waals surface area contributed by atoms with Crippen LogP contribution in [0.5, 0.6) is 0 Å². The summed E-state index contributed by atoms with van der Waals surface area (Å²) in [5.74, 6) is 0. The number of hydrogen-bond donors (Lipinski definition) is 2. The van der Waals surface area contributed by atoms with Crippen LogP contribution in [0.3, 0.4) is 0 Å². The molecule has 3 heteroatoms. The molecule has 0 bridgehead atoms. The molecule has 0 fully saturated rings. The van der Waals surface area contributed by atoms with Crippen molar-refractivity contribution < 1.29 is 14.9 Å². The van der Waals surface area contributed by atoms with E-state index >= 15 is 0 Å². The van der Waals surface area contributed by atoms with E-state index in [-0.39, 0.29) is 19.3 Å². The first-order valence-electron chi connectivity index (χ1n) is 3.14. The summed E-state index contributed by atoms with van der Waals surface area (Å²) in [4.78, 5) is 0. The van der Waals surface area contributed by atoms with E-state index in [1.165, 1.54) is 0 Å². The summed E-state index contributed by atoms with van der Waals surface area (Å²) in [5.41, 5.74) is 0. The van der Waals surface area contributed by atoms with Crippen LogP contribution in [0.25, 0.3) is 0 Å². The predicted molar refractivity (Wildman–Crippen MR) is 34.2 cm³/mol. The molecule has 0 saturated heterocycles. The van der Waals surface area contributed by atoms with Crippen LogP contribution >= 0.6 is 0 Å². The summed E-state index contributed by atoms with van der Waals surface area (Å²) in [7, 11) is 0. The third-order valence-corrected chi connectivity index (χ3v) is 0.962. The lowest BCUT2D eigenvalue weighted by Crippen LogP contribution is -2.13. The van der Waals surface area contributed by atoms with E-state index in [1.807, 2.05) is 0 Å². The molecule has 56 valence electrons. The fraction of sp³-hybridized carbons (Fsp3) is 1.00. The fourth-order valence-corrected chi connectivity index (χ4v) is 0.402. The second kappa shape index (κ2) is 6.01. The van der Waals surface area contributed by atoms with Crippen molar-refractivity contribution in [1.82, 2.24) is 0 Å². The van der Waals surface area contributed by atoms with Crippen molar-refractivity contribution in [2.45, 2.75) is 19.4 Å². The number of aliphatic hydroxyl groups is 2. The van der Waals surface area contributed by atoms with Crippen molar-refractivity contribution >= 4 is 0 Å². The summed E-state index contributed by atoms with van der Waals surface area (Å²) in [5, 5.41) is 16.8. The van der Waals surface area contributed by atoms with Crippen LogP contribution in [0.1, 0.15) is 13.3 Å². The highest BCUT2D eigenvalue weighted by Crippen LogP contribution is 1.89. The first kappa shape index (κ1) is 8.88. The highest BCUT2D eigenvalue weighted by Gasteiger charge is 1.96. The molecule has 2 N–H and O–H groups in total. The smallest absolute Gasteiger partial charge is 0.0777 e.